The lowest BCUT2D eigenvalue weighted by molar-refractivity contribution is -0.120. The highest BCUT2D eigenvalue weighted by molar-refractivity contribution is 7.22. The van der Waals surface area contributed by atoms with Crippen molar-refractivity contribution in [3.05, 3.63) is 48.5 Å². The summed E-state index contributed by atoms with van der Waals surface area (Å²) in [4.78, 5) is 21.5. The molecule has 1 aliphatic rings. The van der Waals surface area contributed by atoms with Crippen molar-refractivity contribution in [3.63, 3.8) is 0 Å². The van der Waals surface area contributed by atoms with Gasteiger partial charge in [-0.25, -0.2) is 4.98 Å². The topological polar surface area (TPSA) is 68.7 Å². The van der Waals surface area contributed by atoms with E-state index >= 15 is 0 Å². The summed E-state index contributed by atoms with van der Waals surface area (Å²) in [5, 5.41) is 13.6. The van der Waals surface area contributed by atoms with Gasteiger partial charge in [-0.3, -0.25) is 9.69 Å². The van der Waals surface area contributed by atoms with Crippen LogP contribution < -0.4 is 10.2 Å². The number of piperazine rings is 1. The average molecular weight is 382 g/mol. The standard InChI is InChI=1S/C20H22N4O2S/c1-14(19(26)22-20-21-15-6-2-5-9-18(15)27-20)23-10-12-24(13-11-23)16-7-3-4-8-17(16)25/h2-9,14,25H,10-13H2,1H3,(H,21,22,26)/t14-/m0/s1. The number of hydrogen-bond donors (Lipinski definition) is 2. The van der Waals surface area contributed by atoms with Gasteiger partial charge in [0.05, 0.1) is 21.9 Å². The highest BCUT2D eigenvalue weighted by Crippen LogP contribution is 2.28. The number of anilines is 2. The predicted molar refractivity (Wildman–Crippen MR) is 110 cm³/mol. The second-order valence-corrected chi connectivity index (χ2v) is 7.69. The molecule has 0 aliphatic carbocycles. The highest BCUT2D eigenvalue weighted by Gasteiger charge is 2.27. The van der Waals surface area contributed by atoms with Crippen molar-refractivity contribution >= 4 is 38.3 Å². The smallest absolute Gasteiger partial charge is 0.243 e. The molecule has 1 atom stereocenters. The number of phenols is 1. The number of nitrogens with one attached hydrogen (secondary N) is 1. The van der Waals surface area contributed by atoms with E-state index in [4.69, 9.17) is 0 Å². The molecule has 1 saturated heterocycles. The fraction of sp³-hybridized carbons (Fsp3) is 0.300. The predicted octanol–water partition coefficient (Wildman–Crippen LogP) is 3.15. The van der Waals surface area contributed by atoms with E-state index in [0.29, 0.717) is 10.9 Å². The van der Waals surface area contributed by atoms with Crippen LogP contribution in [0, 0.1) is 0 Å². The average Bonchev–Trinajstić information content (AvgIpc) is 3.10. The number of para-hydroxylation sites is 3. The van der Waals surface area contributed by atoms with E-state index in [1.54, 1.807) is 6.07 Å². The van der Waals surface area contributed by atoms with Gasteiger partial charge in [0.1, 0.15) is 5.75 Å². The fourth-order valence-electron chi connectivity index (χ4n) is 3.38. The number of thiazole rings is 1. The second-order valence-electron chi connectivity index (χ2n) is 6.66. The van der Waals surface area contributed by atoms with Crippen molar-refractivity contribution < 1.29 is 9.90 Å². The summed E-state index contributed by atoms with van der Waals surface area (Å²) in [7, 11) is 0. The molecule has 6 nitrogen and oxygen atoms in total. The molecule has 2 heterocycles. The Morgan fingerprint density at radius 3 is 2.56 bits per heavy atom. The van der Waals surface area contributed by atoms with Crippen LogP contribution in [0.25, 0.3) is 10.2 Å². The SMILES string of the molecule is C[C@@H](C(=O)Nc1nc2ccccc2s1)N1CCN(c2ccccc2O)CC1. The molecule has 1 aromatic heterocycles. The molecular weight excluding hydrogens is 360 g/mol. The van der Waals surface area contributed by atoms with Gasteiger partial charge < -0.3 is 15.3 Å². The first-order chi connectivity index (χ1) is 13.1. The minimum Gasteiger partial charge on any atom is -0.506 e. The molecule has 0 saturated carbocycles. The summed E-state index contributed by atoms with van der Waals surface area (Å²) < 4.78 is 1.07. The molecule has 2 aromatic carbocycles. The van der Waals surface area contributed by atoms with Crippen LogP contribution in [0.1, 0.15) is 6.92 Å². The first kappa shape index (κ1) is 17.8. The Hall–Kier alpha value is -2.64. The normalized spacial score (nSPS) is 16.4. The summed E-state index contributed by atoms with van der Waals surface area (Å²) in [5.74, 6) is 0.262. The van der Waals surface area contributed by atoms with E-state index in [-0.39, 0.29) is 11.9 Å². The van der Waals surface area contributed by atoms with Crippen LogP contribution in [0.15, 0.2) is 48.5 Å². The van der Waals surface area contributed by atoms with E-state index in [1.807, 2.05) is 49.4 Å². The summed E-state index contributed by atoms with van der Waals surface area (Å²) in [6.07, 6.45) is 0. The quantitative estimate of drug-likeness (QED) is 0.725. The third-order valence-corrected chi connectivity index (χ3v) is 5.94. The van der Waals surface area contributed by atoms with Crippen LogP contribution in [-0.4, -0.2) is 53.1 Å². The van der Waals surface area contributed by atoms with E-state index in [0.717, 1.165) is 42.1 Å². The van der Waals surface area contributed by atoms with Gasteiger partial charge in [-0.05, 0) is 31.2 Å². The molecule has 2 N–H and O–H groups in total. The van der Waals surface area contributed by atoms with Gasteiger partial charge in [-0.2, -0.15) is 0 Å². The molecule has 0 spiro atoms. The molecule has 27 heavy (non-hydrogen) atoms. The zero-order valence-corrected chi connectivity index (χ0v) is 15.9. The van der Waals surface area contributed by atoms with Crippen LogP contribution in [-0.2, 0) is 4.79 Å². The molecule has 1 fully saturated rings. The third kappa shape index (κ3) is 3.74. The maximum Gasteiger partial charge on any atom is 0.243 e. The van der Waals surface area contributed by atoms with Gasteiger partial charge in [0, 0.05) is 26.2 Å². The highest BCUT2D eigenvalue weighted by atomic mass is 32.1. The number of benzene rings is 2. The number of hydrogen-bond acceptors (Lipinski definition) is 6. The summed E-state index contributed by atoms with van der Waals surface area (Å²) in [6.45, 7) is 5.01. The molecule has 140 valence electrons. The van der Waals surface area contributed by atoms with Crippen molar-refractivity contribution in [2.24, 2.45) is 0 Å². The number of nitrogens with zero attached hydrogens (tertiary/aromatic N) is 3. The number of fused-ring (bicyclic) bond motifs is 1. The first-order valence-corrected chi connectivity index (χ1v) is 9.87. The number of amides is 1. The maximum absolute atomic E-state index is 12.7. The van der Waals surface area contributed by atoms with Gasteiger partial charge in [0.25, 0.3) is 0 Å². The molecule has 1 aliphatic heterocycles. The van der Waals surface area contributed by atoms with Gasteiger partial charge in [-0.15, -0.1) is 0 Å². The van der Waals surface area contributed by atoms with Gasteiger partial charge in [0.15, 0.2) is 5.13 Å². The summed E-state index contributed by atoms with van der Waals surface area (Å²) in [6, 6.07) is 15.0. The number of aromatic nitrogens is 1. The van der Waals surface area contributed by atoms with Crippen molar-refractivity contribution in [3.8, 4) is 5.75 Å². The Bertz CT molecular complexity index is 917. The third-order valence-electron chi connectivity index (χ3n) is 4.99. The number of rotatable bonds is 4. The van der Waals surface area contributed by atoms with Crippen molar-refractivity contribution in [2.75, 3.05) is 36.4 Å². The summed E-state index contributed by atoms with van der Waals surface area (Å²) in [5.41, 5.74) is 1.76. The van der Waals surface area contributed by atoms with E-state index in [1.165, 1.54) is 11.3 Å². The van der Waals surface area contributed by atoms with E-state index < -0.39 is 0 Å². The lowest BCUT2D eigenvalue weighted by Crippen LogP contribution is -2.52. The Morgan fingerprint density at radius 1 is 1.11 bits per heavy atom. The van der Waals surface area contributed by atoms with Crippen molar-refractivity contribution in [2.45, 2.75) is 13.0 Å². The lowest BCUT2D eigenvalue weighted by atomic mass is 10.2. The summed E-state index contributed by atoms with van der Waals surface area (Å²) >= 11 is 1.49. The van der Waals surface area contributed by atoms with Crippen molar-refractivity contribution in [1.29, 1.82) is 0 Å². The van der Waals surface area contributed by atoms with Crippen molar-refractivity contribution in [1.82, 2.24) is 9.88 Å². The molecule has 1 amide bonds. The van der Waals surface area contributed by atoms with Gasteiger partial charge in [-0.1, -0.05) is 35.6 Å². The Kier molecular flexibility index (Phi) is 4.96. The number of aromatic hydroxyl groups is 1. The zero-order chi connectivity index (χ0) is 18.8. The maximum atomic E-state index is 12.7. The van der Waals surface area contributed by atoms with Gasteiger partial charge in [0.2, 0.25) is 5.91 Å². The Balaban J connectivity index is 1.36. The molecular formula is C20H22N4O2S. The van der Waals surface area contributed by atoms with Crippen LogP contribution in [0.2, 0.25) is 0 Å². The first-order valence-electron chi connectivity index (χ1n) is 9.05. The zero-order valence-electron chi connectivity index (χ0n) is 15.1. The second kappa shape index (κ2) is 7.54. The van der Waals surface area contributed by atoms with Crippen LogP contribution in [0.5, 0.6) is 5.75 Å². The largest absolute Gasteiger partial charge is 0.506 e. The van der Waals surface area contributed by atoms with Gasteiger partial charge >= 0.3 is 0 Å². The number of phenolic OH excluding ortho intramolecular Hbond substituents is 1. The van der Waals surface area contributed by atoms with Crippen LogP contribution in [0.4, 0.5) is 10.8 Å². The Labute approximate surface area is 162 Å². The Morgan fingerprint density at radius 2 is 1.81 bits per heavy atom. The fourth-order valence-corrected chi connectivity index (χ4v) is 4.25. The molecule has 3 aromatic rings. The molecule has 7 heteroatoms. The van der Waals surface area contributed by atoms with Crippen LogP contribution in [0.3, 0.4) is 0 Å². The molecule has 4 rings (SSSR count). The number of carbonyl (C=O) groups excluding carboxylic acids is 1. The molecule has 0 bridgehead atoms. The van der Waals surface area contributed by atoms with E-state index in [9.17, 15) is 9.90 Å². The monoisotopic (exact) mass is 382 g/mol. The minimum absolute atomic E-state index is 0.0370. The van der Waals surface area contributed by atoms with E-state index in [2.05, 4.69) is 20.1 Å². The minimum atomic E-state index is -0.233. The number of carbonyl (C=O) groups is 1. The molecule has 0 radical (unpaired) electrons. The lowest BCUT2D eigenvalue weighted by Gasteiger charge is -2.38. The molecule has 0 unspecified atom stereocenters. The van der Waals surface area contributed by atoms with Crippen LogP contribution >= 0.6 is 11.3 Å².